The van der Waals surface area contributed by atoms with Crippen molar-refractivity contribution in [2.24, 2.45) is 10.1 Å². The zero-order chi connectivity index (χ0) is 27.5. The average molecular weight is 534 g/mol. The third kappa shape index (κ3) is 4.47. The molecule has 3 aliphatic heterocycles. The van der Waals surface area contributed by atoms with Crippen molar-refractivity contribution < 1.29 is 28.7 Å². The second-order valence-electron chi connectivity index (χ2n) is 11.0. The summed E-state index contributed by atoms with van der Waals surface area (Å²) in [6.45, 7) is 6.00. The highest BCUT2D eigenvalue weighted by Crippen LogP contribution is 2.36. The number of rotatable bonds is 4. The molecule has 11 heteroatoms. The Kier molecular flexibility index (Phi) is 5.81. The van der Waals surface area contributed by atoms with Gasteiger partial charge in [-0.2, -0.15) is 0 Å². The summed E-state index contributed by atoms with van der Waals surface area (Å²) in [7, 11) is 0. The average Bonchev–Trinajstić information content (AvgIpc) is 3.63. The molecular formula is C28H28FN5O5. The van der Waals surface area contributed by atoms with E-state index in [1.165, 1.54) is 18.2 Å². The number of amides is 2. The van der Waals surface area contributed by atoms with Gasteiger partial charge in [0.2, 0.25) is 0 Å². The molecule has 0 unspecified atom stereocenters. The zero-order valence-corrected chi connectivity index (χ0v) is 21.8. The van der Waals surface area contributed by atoms with Crippen molar-refractivity contribution >= 4 is 40.0 Å². The second-order valence-corrected chi connectivity index (χ2v) is 11.0. The third-order valence-corrected chi connectivity index (χ3v) is 7.13. The van der Waals surface area contributed by atoms with Crippen molar-refractivity contribution in [3.63, 3.8) is 0 Å². The van der Waals surface area contributed by atoms with Gasteiger partial charge in [0.25, 0.3) is 5.91 Å². The first kappa shape index (κ1) is 24.9. The molecule has 0 radical (unpaired) electrons. The zero-order valence-electron chi connectivity index (χ0n) is 21.8. The SMILES string of the molecule is CC(C)(C)OC(=O)N1C[C@H]2C[C@@H]1CN2C(=O)CO/N=C1/C(c2c(O)[nH]c3ccc(F)cc23)=Nc2ccccc21. The van der Waals surface area contributed by atoms with E-state index in [-0.39, 0.29) is 36.6 Å². The molecule has 3 aliphatic rings. The molecule has 2 bridgehead atoms. The van der Waals surface area contributed by atoms with Crippen LogP contribution in [0.25, 0.3) is 10.9 Å². The Morgan fingerprint density at radius 1 is 1.15 bits per heavy atom. The molecule has 0 saturated carbocycles. The smallest absolute Gasteiger partial charge is 0.410 e. The maximum absolute atomic E-state index is 14.1. The minimum Gasteiger partial charge on any atom is -0.494 e. The van der Waals surface area contributed by atoms with Gasteiger partial charge >= 0.3 is 6.09 Å². The van der Waals surface area contributed by atoms with E-state index >= 15 is 0 Å². The number of nitrogens with zero attached hydrogens (tertiary/aromatic N) is 4. The van der Waals surface area contributed by atoms with Crippen LogP contribution in [0.4, 0.5) is 14.9 Å². The Balaban J connectivity index is 1.18. The van der Waals surface area contributed by atoms with E-state index in [2.05, 4.69) is 15.1 Å². The molecule has 4 heterocycles. The second kappa shape index (κ2) is 9.11. The van der Waals surface area contributed by atoms with Gasteiger partial charge in [-0.05, 0) is 51.5 Å². The number of aromatic hydroxyl groups is 1. The largest absolute Gasteiger partial charge is 0.494 e. The molecule has 2 atom stereocenters. The summed E-state index contributed by atoms with van der Waals surface area (Å²) < 4.78 is 19.5. The van der Waals surface area contributed by atoms with Gasteiger partial charge < -0.3 is 29.5 Å². The van der Waals surface area contributed by atoms with E-state index in [9.17, 15) is 19.1 Å². The van der Waals surface area contributed by atoms with Gasteiger partial charge in [-0.3, -0.25) is 4.79 Å². The van der Waals surface area contributed by atoms with E-state index < -0.39 is 11.4 Å². The number of H-pyrrole nitrogens is 1. The van der Waals surface area contributed by atoms with E-state index in [1.54, 1.807) is 15.9 Å². The lowest BCUT2D eigenvalue weighted by Crippen LogP contribution is -2.52. The Morgan fingerprint density at radius 2 is 1.90 bits per heavy atom. The molecule has 2 amide bonds. The molecule has 2 saturated heterocycles. The van der Waals surface area contributed by atoms with Crippen molar-refractivity contribution in [2.75, 3.05) is 19.7 Å². The van der Waals surface area contributed by atoms with Gasteiger partial charge in [0, 0.05) is 29.6 Å². The highest BCUT2D eigenvalue weighted by Gasteiger charge is 2.48. The number of ether oxygens (including phenoxy) is 1. The van der Waals surface area contributed by atoms with Gasteiger partial charge in [-0.15, -0.1) is 0 Å². The molecule has 2 aromatic carbocycles. The van der Waals surface area contributed by atoms with E-state index in [1.807, 2.05) is 39.0 Å². The number of nitrogens with one attached hydrogen (secondary N) is 1. The van der Waals surface area contributed by atoms with Crippen LogP contribution < -0.4 is 0 Å². The van der Waals surface area contributed by atoms with Crippen LogP contribution in [0, 0.1) is 5.82 Å². The van der Waals surface area contributed by atoms with Crippen molar-refractivity contribution in [3.05, 3.63) is 59.4 Å². The van der Waals surface area contributed by atoms with Crippen LogP contribution >= 0.6 is 0 Å². The lowest BCUT2D eigenvalue weighted by molar-refractivity contribution is -0.138. The normalized spacial score (nSPS) is 21.0. The first-order chi connectivity index (χ1) is 18.6. The number of likely N-dealkylation sites (tertiary alicyclic amines) is 2. The molecule has 0 spiro atoms. The van der Waals surface area contributed by atoms with Gasteiger partial charge in [0.15, 0.2) is 12.5 Å². The number of aromatic nitrogens is 1. The number of fused-ring (bicyclic) bond motifs is 4. The molecule has 6 rings (SSSR count). The summed E-state index contributed by atoms with van der Waals surface area (Å²) in [5.74, 6) is -0.865. The van der Waals surface area contributed by atoms with E-state index in [0.29, 0.717) is 58.7 Å². The van der Waals surface area contributed by atoms with Crippen LogP contribution in [-0.2, 0) is 14.4 Å². The third-order valence-electron chi connectivity index (χ3n) is 7.13. The lowest BCUT2D eigenvalue weighted by atomic mass is 10.0. The first-order valence-corrected chi connectivity index (χ1v) is 12.8. The van der Waals surface area contributed by atoms with Crippen molar-refractivity contribution in [1.29, 1.82) is 0 Å². The fourth-order valence-corrected chi connectivity index (χ4v) is 5.48. The fraction of sp³-hybridized carbons (Fsp3) is 0.357. The monoisotopic (exact) mass is 533 g/mol. The maximum Gasteiger partial charge on any atom is 0.410 e. The maximum atomic E-state index is 14.1. The summed E-state index contributed by atoms with van der Waals surface area (Å²) >= 11 is 0. The molecule has 10 nitrogen and oxygen atoms in total. The molecule has 1 aromatic heterocycles. The van der Waals surface area contributed by atoms with E-state index in [0.717, 1.165) is 0 Å². The Morgan fingerprint density at radius 3 is 2.64 bits per heavy atom. The molecule has 2 N–H and O–H groups in total. The number of halogens is 1. The fourth-order valence-electron chi connectivity index (χ4n) is 5.48. The molecule has 2 fully saturated rings. The van der Waals surface area contributed by atoms with Crippen LogP contribution in [-0.4, -0.2) is 80.7 Å². The topological polar surface area (TPSA) is 120 Å². The van der Waals surface area contributed by atoms with Crippen LogP contribution in [0.5, 0.6) is 5.88 Å². The van der Waals surface area contributed by atoms with Crippen LogP contribution in [0.2, 0.25) is 0 Å². The number of benzene rings is 2. The number of para-hydroxylation sites is 1. The number of hydrogen-bond acceptors (Lipinski definition) is 7. The molecule has 3 aromatic rings. The Hall–Kier alpha value is -4.41. The Labute approximate surface area is 223 Å². The minimum atomic E-state index is -0.583. The summed E-state index contributed by atoms with van der Waals surface area (Å²) in [4.78, 5) is 42.0. The van der Waals surface area contributed by atoms with Gasteiger partial charge in [-0.25, -0.2) is 14.2 Å². The van der Waals surface area contributed by atoms with Gasteiger partial charge in [-0.1, -0.05) is 23.4 Å². The predicted octanol–water partition coefficient (Wildman–Crippen LogP) is 4.09. The van der Waals surface area contributed by atoms with Crippen LogP contribution in [0.1, 0.15) is 38.3 Å². The Bertz CT molecular complexity index is 1560. The van der Waals surface area contributed by atoms with E-state index in [4.69, 9.17) is 9.57 Å². The van der Waals surface area contributed by atoms with Crippen LogP contribution in [0.3, 0.4) is 0 Å². The predicted molar refractivity (Wildman–Crippen MR) is 142 cm³/mol. The highest BCUT2D eigenvalue weighted by molar-refractivity contribution is 6.58. The number of aliphatic imine (C=N–C) groups is 1. The minimum absolute atomic E-state index is 0.0919. The first-order valence-electron chi connectivity index (χ1n) is 12.8. The molecule has 0 aliphatic carbocycles. The van der Waals surface area contributed by atoms with Crippen molar-refractivity contribution in [1.82, 2.24) is 14.8 Å². The van der Waals surface area contributed by atoms with Gasteiger partial charge in [0.05, 0.1) is 23.3 Å². The number of oxime groups is 1. The molecular weight excluding hydrogens is 505 g/mol. The number of carbonyl (C=O) groups excluding carboxylic acids is 2. The van der Waals surface area contributed by atoms with Crippen molar-refractivity contribution in [3.8, 4) is 5.88 Å². The number of hydrogen-bond donors (Lipinski definition) is 2. The quantitative estimate of drug-likeness (QED) is 0.490. The number of carbonyl (C=O) groups is 2. The highest BCUT2D eigenvalue weighted by atomic mass is 19.1. The standard InChI is InChI=1S/C28H28FN5O5/c1-28(2,3)39-27(37)34-13-16-11-17(34)12-33(16)22(35)14-38-32-24-18-6-4-5-7-20(18)30-25(24)23-19-10-15(29)8-9-21(19)31-26(23)36/h4-10,16-17,31,36H,11-14H2,1-3H3/b32-24+/t16-,17-/m1/s1. The lowest BCUT2D eigenvalue weighted by Gasteiger charge is -2.35. The summed E-state index contributed by atoms with van der Waals surface area (Å²) in [6.07, 6.45) is 0.331. The summed E-state index contributed by atoms with van der Waals surface area (Å²) in [5.41, 5.74) is 2.18. The summed E-state index contributed by atoms with van der Waals surface area (Å²) in [5, 5.41) is 15.4. The summed E-state index contributed by atoms with van der Waals surface area (Å²) in [6, 6.07) is 11.2. The molecule has 39 heavy (non-hydrogen) atoms. The van der Waals surface area contributed by atoms with Crippen LogP contribution in [0.15, 0.2) is 52.6 Å². The van der Waals surface area contributed by atoms with Gasteiger partial charge in [0.1, 0.15) is 22.8 Å². The number of piperazine rings is 1. The molecule has 202 valence electrons. The van der Waals surface area contributed by atoms with Crippen molar-refractivity contribution in [2.45, 2.75) is 44.9 Å². The number of aromatic amines is 1.